The summed E-state index contributed by atoms with van der Waals surface area (Å²) in [5.74, 6) is 0. The fourth-order valence-electron chi connectivity index (χ4n) is 1.21. The van der Waals surface area contributed by atoms with Crippen LogP contribution in [0.4, 0.5) is 13.2 Å². The number of hydrogen-bond acceptors (Lipinski definition) is 3. The topological polar surface area (TPSA) is 43.4 Å². The van der Waals surface area contributed by atoms with Crippen LogP contribution < -0.4 is 0 Å². The summed E-state index contributed by atoms with van der Waals surface area (Å²) in [6, 6.07) is 0. The van der Waals surface area contributed by atoms with Gasteiger partial charge in [-0.2, -0.15) is 21.6 Å². The van der Waals surface area contributed by atoms with E-state index in [1.807, 2.05) is 0 Å². The van der Waals surface area contributed by atoms with Crippen molar-refractivity contribution >= 4 is 10.1 Å². The Balaban J connectivity index is 2.53. The average molecular weight is 232 g/mol. The normalized spacial score (nSPS) is 21.7. The largest absolute Gasteiger partial charge is 0.523 e. The van der Waals surface area contributed by atoms with Crippen LogP contribution in [0.1, 0.15) is 26.2 Å². The van der Waals surface area contributed by atoms with Crippen molar-refractivity contribution in [2.45, 2.75) is 31.7 Å². The first-order valence-electron chi connectivity index (χ1n) is 4.12. The maximum atomic E-state index is 11.8. The van der Waals surface area contributed by atoms with Gasteiger partial charge in [0.2, 0.25) is 0 Å². The van der Waals surface area contributed by atoms with E-state index in [1.54, 1.807) is 6.92 Å². The SMILES string of the molecule is CC1(COS(=O)(=O)C(F)(F)F)CCC1. The summed E-state index contributed by atoms with van der Waals surface area (Å²) in [5.41, 5.74) is -5.72. The lowest BCUT2D eigenvalue weighted by Gasteiger charge is -2.37. The molecule has 0 N–H and O–H groups in total. The molecule has 0 aromatic carbocycles. The van der Waals surface area contributed by atoms with Crippen LogP contribution in [0, 0.1) is 5.41 Å². The summed E-state index contributed by atoms with van der Waals surface area (Å²) in [5, 5.41) is 0. The van der Waals surface area contributed by atoms with Crippen LogP contribution in [0.15, 0.2) is 0 Å². The molecule has 0 heterocycles. The number of alkyl halides is 3. The highest BCUT2D eigenvalue weighted by Gasteiger charge is 2.48. The van der Waals surface area contributed by atoms with E-state index in [9.17, 15) is 21.6 Å². The lowest BCUT2D eigenvalue weighted by molar-refractivity contribution is -0.0583. The summed E-state index contributed by atoms with van der Waals surface area (Å²) >= 11 is 0. The van der Waals surface area contributed by atoms with Crippen LogP contribution in [-0.4, -0.2) is 20.5 Å². The Labute approximate surface area is 80.4 Å². The molecule has 0 aromatic heterocycles. The van der Waals surface area contributed by atoms with E-state index in [0.717, 1.165) is 6.42 Å². The molecule has 84 valence electrons. The number of rotatable bonds is 3. The van der Waals surface area contributed by atoms with E-state index in [-0.39, 0.29) is 6.61 Å². The van der Waals surface area contributed by atoms with Crippen LogP contribution in [0.5, 0.6) is 0 Å². The van der Waals surface area contributed by atoms with Crippen molar-refractivity contribution < 1.29 is 25.8 Å². The molecule has 1 fully saturated rings. The molecule has 0 saturated heterocycles. The minimum atomic E-state index is -5.41. The molecule has 0 radical (unpaired) electrons. The molecule has 1 saturated carbocycles. The highest BCUT2D eigenvalue weighted by molar-refractivity contribution is 7.87. The van der Waals surface area contributed by atoms with E-state index in [0.29, 0.717) is 12.8 Å². The molecule has 0 aromatic rings. The lowest BCUT2D eigenvalue weighted by atomic mass is 9.71. The standard InChI is InChI=1S/C7H11F3O3S/c1-6(3-2-4-6)5-13-14(11,12)7(8,9)10/h2-5H2,1H3. The maximum Gasteiger partial charge on any atom is 0.523 e. The third-order valence-electron chi connectivity index (χ3n) is 2.41. The van der Waals surface area contributed by atoms with Gasteiger partial charge in [0.05, 0.1) is 6.61 Å². The van der Waals surface area contributed by atoms with Gasteiger partial charge in [-0.15, -0.1) is 0 Å². The highest BCUT2D eigenvalue weighted by atomic mass is 32.2. The Hall–Kier alpha value is -0.300. The van der Waals surface area contributed by atoms with Gasteiger partial charge < -0.3 is 0 Å². The Morgan fingerprint density at radius 2 is 1.86 bits per heavy atom. The molecular weight excluding hydrogens is 221 g/mol. The molecule has 0 amide bonds. The zero-order valence-corrected chi connectivity index (χ0v) is 8.41. The highest BCUT2D eigenvalue weighted by Crippen LogP contribution is 2.41. The predicted octanol–water partition coefficient (Wildman–Crippen LogP) is 2.04. The minimum absolute atomic E-state index is 0.380. The second-order valence-corrected chi connectivity index (χ2v) is 5.43. The van der Waals surface area contributed by atoms with Gasteiger partial charge in [0, 0.05) is 0 Å². The summed E-state index contributed by atoms with van der Waals surface area (Å²) in [6.45, 7) is 1.33. The molecule has 0 atom stereocenters. The first-order chi connectivity index (χ1) is 6.16. The Morgan fingerprint density at radius 1 is 1.36 bits per heavy atom. The van der Waals surface area contributed by atoms with Gasteiger partial charge in [-0.1, -0.05) is 13.3 Å². The van der Waals surface area contributed by atoms with E-state index < -0.39 is 21.0 Å². The van der Waals surface area contributed by atoms with E-state index in [2.05, 4.69) is 4.18 Å². The number of hydrogen-bond donors (Lipinski definition) is 0. The average Bonchev–Trinajstić information content (AvgIpc) is 1.95. The first kappa shape index (κ1) is 11.8. The smallest absolute Gasteiger partial charge is 0.263 e. The van der Waals surface area contributed by atoms with Gasteiger partial charge >= 0.3 is 15.6 Å². The van der Waals surface area contributed by atoms with Crippen molar-refractivity contribution in [3.63, 3.8) is 0 Å². The molecule has 0 aliphatic heterocycles. The zero-order valence-electron chi connectivity index (χ0n) is 7.60. The van der Waals surface area contributed by atoms with Crippen LogP contribution in [0.25, 0.3) is 0 Å². The third kappa shape index (κ3) is 2.38. The zero-order chi connectivity index (χ0) is 11.0. The van der Waals surface area contributed by atoms with Gasteiger partial charge in [-0.25, -0.2) is 0 Å². The Morgan fingerprint density at radius 3 is 2.14 bits per heavy atom. The van der Waals surface area contributed by atoms with E-state index >= 15 is 0 Å². The second-order valence-electron chi connectivity index (χ2n) is 3.83. The van der Waals surface area contributed by atoms with Gasteiger partial charge in [-0.3, -0.25) is 4.18 Å². The van der Waals surface area contributed by atoms with Crippen molar-refractivity contribution in [1.29, 1.82) is 0 Å². The lowest BCUT2D eigenvalue weighted by Crippen LogP contribution is -2.35. The second kappa shape index (κ2) is 3.37. The summed E-state index contributed by atoms with van der Waals surface area (Å²) < 4.78 is 60.4. The Bertz CT molecular complexity index is 303. The van der Waals surface area contributed by atoms with Crippen molar-refractivity contribution in [3.05, 3.63) is 0 Å². The molecule has 1 aliphatic rings. The summed E-state index contributed by atoms with van der Waals surface area (Å²) in [7, 11) is -5.41. The van der Waals surface area contributed by atoms with Gasteiger partial charge in [0.1, 0.15) is 0 Å². The van der Waals surface area contributed by atoms with Gasteiger partial charge in [0.25, 0.3) is 0 Å². The summed E-state index contributed by atoms with van der Waals surface area (Å²) in [4.78, 5) is 0. The van der Waals surface area contributed by atoms with Crippen molar-refractivity contribution in [1.82, 2.24) is 0 Å². The number of halogens is 3. The van der Waals surface area contributed by atoms with Crippen molar-refractivity contribution in [3.8, 4) is 0 Å². The molecule has 1 rings (SSSR count). The van der Waals surface area contributed by atoms with E-state index in [1.165, 1.54) is 0 Å². The molecule has 0 unspecified atom stereocenters. The van der Waals surface area contributed by atoms with Crippen molar-refractivity contribution in [2.75, 3.05) is 6.61 Å². The molecule has 0 spiro atoms. The van der Waals surface area contributed by atoms with Crippen LogP contribution >= 0.6 is 0 Å². The van der Waals surface area contributed by atoms with Gasteiger partial charge in [-0.05, 0) is 18.3 Å². The Kier molecular flexibility index (Phi) is 2.84. The van der Waals surface area contributed by atoms with Gasteiger partial charge in [0.15, 0.2) is 0 Å². The molecule has 0 bridgehead atoms. The van der Waals surface area contributed by atoms with E-state index in [4.69, 9.17) is 0 Å². The molecule has 3 nitrogen and oxygen atoms in total. The fraction of sp³-hybridized carbons (Fsp3) is 1.00. The van der Waals surface area contributed by atoms with Crippen LogP contribution in [0.3, 0.4) is 0 Å². The fourth-order valence-corrected chi connectivity index (χ4v) is 1.78. The quantitative estimate of drug-likeness (QED) is 0.552. The van der Waals surface area contributed by atoms with Crippen LogP contribution in [-0.2, 0) is 14.3 Å². The molecule has 1 aliphatic carbocycles. The summed E-state index contributed by atoms with van der Waals surface area (Å²) in [6.07, 6.45) is 2.33. The maximum absolute atomic E-state index is 11.8. The van der Waals surface area contributed by atoms with Crippen molar-refractivity contribution in [2.24, 2.45) is 5.41 Å². The monoisotopic (exact) mass is 232 g/mol. The first-order valence-corrected chi connectivity index (χ1v) is 5.53. The minimum Gasteiger partial charge on any atom is -0.263 e. The molecular formula is C7H11F3O3S. The third-order valence-corrected chi connectivity index (χ3v) is 3.40. The van der Waals surface area contributed by atoms with Crippen LogP contribution in [0.2, 0.25) is 0 Å². The molecule has 7 heteroatoms. The predicted molar refractivity (Wildman–Crippen MR) is 42.9 cm³/mol. The molecule has 14 heavy (non-hydrogen) atoms.